The van der Waals surface area contributed by atoms with E-state index in [1.807, 2.05) is 0 Å². The van der Waals surface area contributed by atoms with Gasteiger partial charge in [0.1, 0.15) is 0 Å². The van der Waals surface area contributed by atoms with Gasteiger partial charge in [0, 0.05) is 17.0 Å². The van der Waals surface area contributed by atoms with Crippen LogP contribution in [0.25, 0.3) is 0 Å². The highest BCUT2D eigenvalue weighted by molar-refractivity contribution is 6.70. The van der Waals surface area contributed by atoms with Crippen LogP contribution in [0.15, 0.2) is 24.3 Å². The number of ketones is 1. The molecule has 0 saturated heterocycles. The van der Waals surface area contributed by atoms with Gasteiger partial charge in [0.15, 0.2) is 5.78 Å². The van der Waals surface area contributed by atoms with Gasteiger partial charge in [0.2, 0.25) is 8.41 Å². The van der Waals surface area contributed by atoms with Crippen molar-refractivity contribution in [2.45, 2.75) is 25.6 Å². The van der Waals surface area contributed by atoms with Gasteiger partial charge in [-0.05, 0) is 43.4 Å². The Morgan fingerprint density at radius 3 is 2.33 bits per heavy atom. The molecule has 0 amide bonds. The highest BCUT2D eigenvalue weighted by Gasteiger charge is 2.21. The zero-order valence-electron chi connectivity index (χ0n) is 8.89. The molecule has 0 heterocycles. The first-order valence-electron chi connectivity index (χ1n) is 4.86. The van der Waals surface area contributed by atoms with Crippen molar-refractivity contribution in [2.75, 3.05) is 0 Å². The first kappa shape index (κ1) is 12.4. The summed E-state index contributed by atoms with van der Waals surface area (Å²) in [6, 6.07) is 7.09. The Labute approximate surface area is 95.4 Å². The van der Waals surface area contributed by atoms with E-state index in [4.69, 9.17) is 11.6 Å². The zero-order chi connectivity index (χ0) is 11.5. The molecule has 1 aromatic rings. The molecular weight excluding hydrogens is 231 g/mol. The van der Waals surface area contributed by atoms with Crippen molar-refractivity contribution in [3.63, 3.8) is 0 Å². The molecule has 1 rings (SSSR count). The van der Waals surface area contributed by atoms with Crippen LogP contribution in [0.1, 0.15) is 16.8 Å². The van der Waals surface area contributed by atoms with Crippen LogP contribution in [0.3, 0.4) is 0 Å². The minimum absolute atomic E-state index is 0.00936. The third-order valence-electron chi connectivity index (χ3n) is 2.11. The van der Waals surface area contributed by atoms with Gasteiger partial charge >= 0.3 is 0 Å². The topological polar surface area (TPSA) is 17.1 Å². The van der Waals surface area contributed by atoms with Crippen LogP contribution in [0, 0.1) is 0 Å². The molecule has 0 unspecified atom stereocenters. The highest BCUT2D eigenvalue weighted by Crippen LogP contribution is 2.17. The first-order chi connectivity index (χ1) is 6.88. The van der Waals surface area contributed by atoms with E-state index < -0.39 is 8.41 Å². The Balaban J connectivity index is 2.58. The van der Waals surface area contributed by atoms with Crippen molar-refractivity contribution in [3.8, 4) is 0 Å². The van der Waals surface area contributed by atoms with Gasteiger partial charge in [-0.2, -0.15) is 0 Å². The molecule has 0 aromatic heterocycles. The van der Waals surface area contributed by atoms with Crippen molar-refractivity contribution in [1.29, 1.82) is 0 Å². The summed E-state index contributed by atoms with van der Waals surface area (Å²) < 4.78 is 13.3. The van der Waals surface area contributed by atoms with Crippen LogP contribution in [0.2, 0.25) is 24.2 Å². The lowest BCUT2D eigenvalue weighted by Crippen LogP contribution is -2.19. The van der Waals surface area contributed by atoms with Crippen LogP contribution in [0.4, 0.5) is 4.11 Å². The van der Waals surface area contributed by atoms with Gasteiger partial charge in [-0.25, -0.2) is 0 Å². The van der Waals surface area contributed by atoms with Gasteiger partial charge in [-0.15, -0.1) is 0 Å². The molecular formula is C11H14ClFOSi. The third kappa shape index (κ3) is 4.58. The summed E-state index contributed by atoms with van der Waals surface area (Å²) in [7, 11) is -2.61. The lowest BCUT2D eigenvalue weighted by molar-refractivity contribution is 0.0987. The van der Waals surface area contributed by atoms with Crippen molar-refractivity contribution in [2.24, 2.45) is 0 Å². The van der Waals surface area contributed by atoms with Crippen LogP contribution in [-0.4, -0.2) is 14.2 Å². The number of hydrogen-bond donors (Lipinski definition) is 0. The summed E-state index contributed by atoms with van der Waals surface area (Å²) in [6.45, 7) is 3.23. The largest absolute Gasteiger partial charge is 0.314 e. The maximum absolute atomic E-state index is 13.3. The number of carbonyl (C=O) groups excluding carboxylic acids is 1. The van der Waals surface area contributed by atoms with Crippen LogP contribution in [0.5, 0.6) is 0 Å². The molecule has 0 fully saturated rings. The zero-order valence-corrected chi connectivity index (χ0v) is 10.6. The summed E-state index contributed by atoms with van der Waals surface area (Å²) >= 11 is 5.70. The molecule has 1 nitrogen and oxygen atoms in total. The van der Waals surface area contributed by atoms with Crippen molar-refractivity contribution >= 4 is 25.8 Å². The average molecular weight is 245 g/mol. The Morgan fingerprint density at radius 1 is 1.33 bits per heavy atom. The van der Waals surface area contributed by atoms with E-state index >= 15 is 0 Å². The Hall–Kier alpha value is -0.673. The number of rotatable bonds is 4. The molecule has 0 aliphatic heterocycles. The summed E-state index contributed by atoms with van der Waals surface area (Å²) in [5.41, 5.74) is 0.609. The first-order valence-corrected chi connectivity index (χ1v) is 8.32. The van der Waals surface area contributed by atoms with Crippen molar-refractivity contribution < 1.29 is 8.90 Å². The van der Waals surface area contributed by atoms with Crippen LogP contribution >= 0.6 is 11.6 Å². The number of hydrogen-bond acceptors (Lipinski definition) is 1. The highest BCUT2D eigenvalue weighted by atomic mass is 35.5. The molecule has 15 heavy (non-hydrogen) atoms. The lowest BCUT2D eigenvalue weighted by Gasteiger charge is -2.09. The fourth-order valence-electron chi connectivity index (χ4n) is 1.19. The number of benzene rings is 1. The normalized spacial score (nSPS) is 11.5. The maximum atomic E-state index is 13.3. The molecule has 4 heteroatoms. The Morgan fingerprint density at radius 2 is 1.87 bits per heavy atom. The van der Waals surface area contributed by atoms with E-state index in [2.05, 4.69) is 0 Å². The van der Waals surface area contributed by atoms with E-state index in [1.54, 1.807) is 37.4 Å². The second kappa shape index (κ2) is 4.90. The van der Waals surface area contributed by atoms with Crippen molar-refractivity contribution in [1.82, 2.24) is 0 Å². The molecule has 1 aromatic carbocycles. The van der Waals surface area contributed by atoms with Gasteiger partial charge in [0.05, 0.1) is 0 Å². The van der Waals surface area contributed by atoms with E-state index in [0.29, 0.717) is 16.6 Å². The number of carbonyl (C=O) groups is 1. The molecule has 0 aliphatic rings. The quantitative estimate of drug-likeness (QED) is 0.443. The van der Waals surface area contributed by atoms with Crippen LogP contribution in [-0.2, 0) is 0 Å². The fourth-order valence-corrected chi connectivity index (χ4v) is 2.14. The van der Waals surface area contributed by atoms with E-state index in [9.17, 15) is 8.90 Å². The molecule has 0 aliphatic carbocycles. The third-order valence-corrected chi connectivity index (χ3v) is 3.80. The predicted molar refractivity (Wildman–Crippen MR) is 63.8 cm³/mol. The summed E-state index contributed by atoms with van der Waals surface area (Å²) in [6.07, 6.45) is 0.289. The minimum atomic E-state index is -2.61. The predicted octanol–water partition coefficient (Wildman–Crippen LogP) is 4.09. The average Bonchev–Trinajstić information content (AvgIpc) is 2.14. The van der Waals surface area contributed by atoms with E-state index in [1.165, 1.54) is 0 Å². The van der Waals surface area contributed by atoms with Gasteiger partial charge in [0.25, 0.3) is 0 Å². The van der Waals surface area contributed by atoms with Crippen LogP contribution < -0.4 is 0 Å². The molecule has 0 atom stereocenters. The van der Waals surface area contributed by atoms with Gasteiger partial charge in [-0.3, -0.25) is 4.79 Å². The second-order valence-electron chi connectivity index (χ2n) is 4.15. The minimum Gasteiger partial charge on any atom is -0.314 e. The molecule has 0 radical (unpaired) electrons. The number of halogens is 2. The summed E-state index contributed by atoms with van der Waals surface area (Å²) in [5, 5.41) is 0.603. The SMILES string of the molecule is C[Si](C)(F)CCC(=O)c1ccc(Cl)cc1. The Bertz CT molecular complexity index is 343. The van der Waals surface area contributed by atoms with Gasteiger partial charge in [-0.1, -0.05) is 11.6 Å². The van der Waals surface area contributed by atoms with Gasteiger partial charge < -0.3 is 4.11 Å². The number of Topliss-reactive ketones (excluding diaryl/α,β-unsaturated/α-hetero) is 1. The fraction of sp³-hybridized carbons (Fsp3) is 0.364. The molecule has 0 N–H and O–H groups in total. The second-order valence-corrected chi connectivity index (χ2v) is 8.52. The smallest absolute Gasteiger partial charge is 0.241 e. The standard InChI is InChI=1S/C11H14ClFOSi/c1-15(2,13)8-7-11(14)9-3-5-10(12)6-4-9/h3-6H,7-8H2,1-2H3. The monoisotopic (exact) mass is 244 g/mol. The molecule has 82 valence electrons. The summed E-state index contributed by atoms with van der Waals surface area (Å²) in [4.78, 5) is 11.6. The molecule has 0 saturated carbocycles. The summed E-state index contributed by atoms with van der Waals surface area (Å²) in [5.74, 6) is -0.00936. The molecule has 0 bridgehead atoms. The maximum Gasteiger partial charge on any atom is 0.241 e. The Kier molecular flexibility index (Phi) is 4.05. The molecule has 0 spiro atoms. The van der Waals surface area contributed by atoms with E-state index in [0.717, 1.165) is 0 Å². The van der Waals surface area contributed by atoms with Crippen molar-refractivity contribution in [3.05, 3.63) is 34.9 Å². The lowest BCUT2D eigenvalue weighted by atomic mass is 10.1. The van der Waals surface area contributed by atoms with E-state index in [-0.39, 0.29) is 12.2 Å².